The van der Waals surface area contributed by atoms with Gasteiger partial charge in [-0.05, 0) is 65.9 Å². The molecule has 2 aromatic carbocycles. The zero-order valence-corrected chi connectivity index (χ0v) is 15.0. The van der Waals surface area contributed by atoms with Gasteiger partial charge in [-0.15, -0.1) is 0 Å². The number of nitrogens with one attached hydrogen (secondary N) is 1. The van der Waals surface area contributed by atoms with Crippen molar-refractivity contribution >= 4 is 46.0 Å². The molecule has 0 bridgehead atoms. The van der Waals surface area contributed by atoms with Crippen molar-refractivity contribution in [3.05, 3.63) is 57.7 Å². The average Bonchev–Trinajstić information content (AvgIpc) is 2.55. The van der Waals surface area contributed by atoms with E-state index in [1.807, 2.05) is 18.2 Å². The van der Waals surface area contributed by atoms with E-state index in [0.717, 1.165) is 3.57 Å². The highest BCUT2D eigenvalue weighted by Crippen LogP contribution is 2.19. The minimum atomic E-state index is -0.414. The van der Waals surface area contributed by atoms with Gasteiger partial charge in [-0.25, -0.2) is 4.79 Å². The minimum absolute atomic E-state index is 0.165. The molecule has 0 aliphatic carbocycles. The first-order valence-corrected chi connectivity index (χ1v) is 8.17. The number of halogens is 1. The molecule has 0 aromatic heterocycles. The molecule has 0 aliphatic heterocycles. The molecular weight excluding hydrogens is 407 g/mol. The number of nitrogens with zero attached hydrogens (tertiary/aromatic N) is 1. The van der Waals surface area contributed by atoms with E-state index < -0.39 is 6.09 Å². The highest BCUT2D eigenvalue weighted by Gasteiger charge is 2.12. The minimum Gasteiger partial charge on any atom is -0.449 e. The Morgan fingerprint density at radius 3 is 2.39 bits per heavy atom. The average molecular weight is 424 g/mol. The van der Waals surface area contributed by atoms with Crippen LogP contribution in [0.1, 0.15) is 17.3 Å². The maximum Gasteiger partial charge on any atom is 0.413 e. The Bertz CT molecular complexity index is 701. The van der Waals surface area contributed by atoms with Crippen LogP contribution < -0.4 is 10.2 Å². The monoisotopic (exact) mass is 424 g/mol. The van der Waals surface area contributed by atoms with Gasteiger partial charge in [0.05, 0.1) is 12.2 Å². The van der Waals surface area contributed by atoms with Crippen molar-refractivity contribution in [3.63, 3.8) is 0 Å². The fourth-order valence-electron chi connectivity index (χ4n) is 1.94. The molecule has 0 fully saturated rings. The summed E-state index contributed by atoms with van der Waals surface area (Å²) in [5, 5.41) is 2.84. The second kappa shape index (κ2) is 7.96. The van der Waals surface area contributed by atoms with E-state index in [1.54, 1.807) is 44.3 Å². The van der Waals surface area contributed by atoms with Gasteiger partial charge in [-0.3, -0.25) is 9.69 Å². The van der Waals surface area contributed by atoms with E-state index in [-0.39, 0.29) is 5.91 Å². The first kappa shape index (κ1) is 17.3. The van der Waals surface area contributed by atoms with E-state index in [1.165, 1.54) is 4.90 Å². The molecule has 2 amide bonds. The molecule has 6 heteroatoms. The summed E-state index contributed by atoms with van der Waals surface area (Å²) in [5.41, 5.74) is 1.98. The predicted molar refractivity (Wildman–Crippen MR) is 99.0 cm³/mol. The Hall–Kier alpha value is -2.09. The number of rotatable bonds is 4. The third kappa shape index (κ3) is 4.44. The topological polar surface area (TPSA) is 58.6 Å². The van der Waals surface area contributed by atoms with Gasteiger partial charge in [0.15, 0.2) is 0 Å². The fraction of sp³-hybridized carbons (Fsp3) is 0.176. The molecule has 0 heterocycles. The van der Waals surface area contributed by atoms with Gasteiger partial charge in [0.2, 0.25) is 0 Å². The van der Waals surface area contributed by atoms with Gasteiger partial charge in [0.25, 0.3) is 5.91 Å². The van der Waals surface area contributed by atoms with E-state index >= 15 is 0 Å². The van der Waals surface area contributed by atoms with Gasteiger partial charge < -0.3 is 10.1 Å². The van der Waals surface area contributed by atoms with Crippen LogP contribution in [0.15, 0.2) is 48.5 Å². The Balaban J connectivity index is 2.07. The van der Waals surface area contributed by atoms with Gasteiger partial charge >= 0.3 is 6.09 Å². The number of amides is 2. The third-order valence-corrected chi connectivity index (χ3v) is 4.11. The molecule has 2 rings (SSSR count). The molecule has 0 saturated heterocycles. The highest BCUT2D eigenvalue weighted by atomic mass is 127. The van der Waals surface area contributed by atoms with E-state index in [4.69, 9.17) is 4.74 Å². The maximum absolute atomic E-state index is 12.2. The lowest BCUT2D eigenvalue weighted by atomic mass is 10.2. The summed E-state index contributed by atoms with van der Waals surface area (Å²) in [6, 6.07) is 14.4. The number of hydrogen-bond donors (Lipinski definition) is 1. The lowest BCUT2D eigenvalue weighted by Gasteiger charge is -2.17. The predicted octanol–water partition coefficient (Wildman–Crippen LogP) is 4.14. The Kier molecular flexibility index (Phi) is 5.97. The summed E-state index contributed by atoms with van der Waals surface area (Å²) in [5.74, 6) is -0.165. The molecule has 0 atom stereocenters. The van der Waals surface area contributed by atoms with Crippen LogP contribution in [0.25, 0.3) is 0 Å². The zero-order valence-electron chi connectivity index (χ0n) is 12.9. The van der Waals surface area contributed by atoms with Crippen molar-refractivity contribution in [2.75, 3.05) is 23.9 Å². The van der Waals surface area contributed by atoms with Crippen LogP contribution in [-0.4, -0.2) is 25.7 Å². The molecule has 5 nitrogen and oxygen atoms in total. The molecule has 23 heavy (non-hydrogen) atoms. The quantitative estimate of drug-likeness (QED) is 0.751. The van der Waals surface area contributed by atoms with Crippen LogP contribution in [0.2, 0.25) is 0 Å². The molecule has 0 unspecified atom stereocenters. The first-order valence-electron chi connectivity index (χ1n) is 7.09. The van der Waals surface area contributed by atoms with E-state index in [2.05, 4.69) is 27.9 Å². The Labute approximate surface area is 148 Å². The van der Waals surface area contributed by atoms with Crippen molar-refractivity contribution in [1.29, 1.82) is 0 Å². The molecule has 2 aromatic rings. The summed E-state index contributed by atoms with van der Waals surface area (Å²) in [4.78, 5) is 25.3. The smallest absolute Gasteiger partial charge is 0.413 e. The fourth-order valence-corrected chi connectivity index (χ4v) is 2.57. The normalized spacial score (nSPS) is 10.0. The van der Waals surface area contributed by atoms with Crippen molar-refractivity contribution in [3.8, 4) is 0 Å². The number of carbonyl (C=O) groups excluding carboxylic acids is 2. The van der Waals surface area contributed by atoms with Crippen molar-refractivity contribution in [2.24, 2.45) is 0 Å². The third-order valence-electron chi connectivity index (χ3n) is 3.17. The van der Waals surface area contributed by atoms with Crippen LogP contribution in [-0.2, 0) is 4.74 Å². The lowest BCUT2D eigenvalue weighted by Crippen LogP contribution is -2.26. The Morgan fingerprint density at radius 1 is 1.13 bits per heavy atom. The van der Waals surface area contributed by atoms with Crippen molar-refractivity contribution in [2.45, 2.75) is 6.92 Å². The van der Waals surface area contributed by atoms with E-state index in [9.17, 15) is 9.59 Å². The number of benzene rings is 2. The van der Waals surface area contributed by atoms with Crippen LogP contribution in [0, 0.1) is 3.57 Å². The van der Waals surface area contributed by atoms with Crippen LogP contribution in [0.4, 0.5) is 16.2 Å². The molecule has 120 valence electrons. The van der Waals surface area contributed by atoms with Crippen LogP contribution >= 0.6 is 22.6 Å². The van der Waals surface area contributed by atoms with Gasteiger partial charge in [-0.2, -0.15) is 0 Å². The first-order chi connectivity index (χ1) is 11.0. The van der Waals surface area contributed by atoms with Crippen molar-refractivity contribution in [1.82, 2.24) is 0 Å². The molecule has 1 N–H and O–H groups in total. The Morgan fingerprint density at radius 2 is 1.78 bits per heavy atom. The lowest BCUT2D eigenvalue weighted by molar-refractivity contribution is 0.102. The summed E-state index contributed by atoms with van der Waals surface area (Å²) >= 11 is 2.13. The summed E-state index contributed by atoms with van der Waals surface area (Å²) < 4.78 is 5.83. The van der Waals surface area contributed by atoms with Crippen molar-refractivity contribution < 1.29 is 14.3 Å². The number of ether oxygens (including phenoxy) is 1. The van der Waals surface area contributed by atoms with Gasteiger partial charge in [0, 0.05) is 22.0 Å². The largest absolute Gasteiger partial charge is 0.449 e. The summed E-state index contributed by atoms with van der Waals surface area (Å²) in [7, 11) is 1.64. The van der Waals surface area contributed by atoms with Crippen LogP contribution in [0.3, 0.4) is 0 Å². The standard InChI is InChI=1S/C17H17IN2O3/c1-3-23-17(22)20(2)13-10-8-12(9-11-13)19-16(21)14-6-4-5-7-15(14)18/h4-11H,3H2,1-2H3,(H,19,21). The van der Waals surface area contributed by atoms with E-state index in [0.29, 0.717) is 23.5 Å². The number of hydrogen-bond acceptors (Lipinski definition) is 3. The summed E-state index contributed by atoms with van der Waals surface area (Å²) in [6.07, 6.45) is -0.414. The van der Waals surface area contributed by atoms with Gasteiger partial charge in [0.1, 0.15) is 0 Å². The second-order valence-electron chi connectivity index (χ2n) is 4.74. The number of anilines is 2. The number of carbonyl (C=O) groups is 2. The molecule has 0 spiro atoms. The molecule has 0 aliphatic rings. The molecule has 0 radical (unpaired) electrons. The second-order valence-corrected chi connectivity index (χ2v) is 5.90. The highest BCUT2D eigenvalue weighted by molar-refractivity contribution is 14.1. The summed E-state index contributed by atoms with van der Waals surface area (Å²) in [6.45, 7) is 2.09. The maximum atomic E-state index is 12.2. The van der Waals surface area contributed by atoms with Crippen LogP contribution in [0.5, 0.6) is 0 Å². The molecular formula is C17H17IN2O3. The SMILES string of the molecule is CCOC(=O)N(C)c1ccc(NC(=O)c2ccccc2I)cc1. The molecule has 0 saturated carbocycles. The van der Waals surface area contributed by atoms with Gasteiger partial charge in [-0.1, -0.05) is 12.1 Å². The zero-order chi connectivity index (χ0) is 16.8.